The number of carbonyl (C=O) groups excluding carboxylic acids is 1. The molecule has 8 heteroatoms. The average molecular weight is 573 g/mol. The summed E-state index contributed by atoms with van der Waals surface area (Å²) in [4.78, 5) is 32.1. The van der Waals surface area contributed by atoms with Crippen LogP contribution >= 0.6 is 0 Å². The van der Waals surface area contributed by atoms with Gasteiger partial charge in [0.25, 0.3) is 0 Å². The molecule has 0 bridgehead atoms. The molecule has 0 spiro atoms. The van der Waals surface area contributed by atoms with Crippen LogP contribution in [0.25, 0.3) is 11.3 Å². The number of carbonyl (C=O) groups is 1. The molecule has 1 aliphatic heterocycles. The van der Waals surface area contributed by atoms with Gasteiger partial charge in [-0.1, -0.05) is 109 Å². The Morgan fingerprint density at radius 2 is 1.35 bits per heavy atom. The average Bonchev–Trinajstić information content (AvgIpc) is 3.06. The summed E-state index contributed by atoms with van der Waals surface area (Å²) in [5.74, 6) is -0.599. The lowest BCUT2D eigenvalue weighted by atomic mass is 9.75. The number of benzene rings is 4. The van der Waals surface area contributed by atoms with E-state index in [9.17, 15) is 14.7 Å². The molecule has 216 valence electrons. The number of rotatable bonds is 8. The minimum atomic E-state index is -0.753. The van der Waals surface area contributed by atoms with Gasteiger partial charge >= 0.3 is 5.69 Å². The minimum Gasteiger partial charge on any atom is -0.394 e. The van der Waals surface area contributed by atoms with Crippen LogP contribution < -0.4 is 11.4 Å². The first-order valence-corrected chi connectivity index (χ1v) is 14.2. The Morgan fingerprint density at radius 1 is 0.814 bits per heavy atom. The Kier molecular flexibility index (Phi) is 7.98. The van der Waals surface area contributed by atoms with Gasteiger partial charge in [-0.2, -0.15) is 4.98 Å². The fourth-order valence-electron chi connectivity index (χ4n) is 6.13. The second kappa shape index (κ2) is 12.1. The molecular weight excluding hydrogens is 540 g/mol. The zero-order valence-corrected chi connectivity index (χ0v) is 23.5. The molecule has 5 aromatic rings. The summed E-state index contributed by atoms with van der Waals surface area (Å²) in [6.45, 7) is 0.514. The first-order chi connectivity index (χ1) is 21.0. The number of aliphatic hydroxyl groups excluding tert-OH is 1. The van der Waals surface area contributed by atoms with Gasteiger partial charge in [0.2, 0.25) is 5.91 Å². The minimum absolute atomic E-state index is 0.228. The van der Waals surface area contributed by atoms with E-state index in [2.05, 4.69) is 46.3 Å². The third-order valence-corrected chi connectivity index (χ3v) is 8.01. The van der Waals surface area contributed by atoms with Crippen LogP contribution in [0.2, 0.25) is 0 Å². The topological polar surface area (TPSA) is 111 Å². The molecule has 43 heavy (non-hydrogen) atoms. The lowest BCUT2D eigenvalue weighted by Crippen LogP contribution is -2.58. The lowest BCUT2D eigenvalue weighted by molar-refractivity contribution is -0.150. The Hall–Kier alpha value is -4.89. The maximum absolute atomic E-state index is 13.5. The Labute approximate surface area is 249 Å². The van der Waals surface area contributed by atoms with Crippen LogP contribution in [-0.2, 0) is 10.3 Å². The summed E-state index contributed by atoms with van der Waals surface area (Å²) in [6, 6.07) is 39.2. The highest BCUT2D eigenvalue weighted by molar-refractivity contribution is 5.99. The van der Waals surface area contributed by atoms with E-state index in [1.165, 1.54) is 4.57 Å². The molecule has 3 N–H and O–H groups in total. The predicted octanol–water partition coefficient (Wildman–Crippen LogP) is 4.19. The number of ether oxygens (including phenoxy) is 1. The van der Waals surface area contributed by atoms with Gasteiger partial charge in [0.1, 0.15) is 0 Å². The van der Waals surface area contributed by atoms with E-state index in [0.717, 1.165) is 16.7 Å². The van der Waals surface area contributed by atoms with Gasteiger partial charge in [-0.15, -0.1) is 0 Å². The zero-order valence-electron chi connectivity index (χ0n) is 23.5. The number of aliphatic hydroxyl groups is 1. The molecular formula is C35H32N4O4. The molecule has 1 aliphatic rings. The van der Waals surface area contributed by atoms with Crippen molar-refractivity contribution >= 4 is 5.91 Å². The number of hydrogen-bond donors (Lipinski definition) is 2. The van der Waals surface area contributed by atoms with Gasteiger partial charge in [0, 0.05) is 30.4 Å². The summed E-state index contributed by atoms with van der Waals surface area (Å²) in [6.07, 6.45) is 0.304. The summed E-state index contributed by atoms with van der Waals surface area (Å²) < 4.78 is 7.74. The number of aromatic nitrogens is 2. The second-order valence-corrected chi connectivity index (χ2v) is 10.5. The van der Waals surface area contributed by atoms with Crippen molar-refractivity contribution in [1.29, 1.82) is 0 Å². The number of nitrogens with zero attached hydrogens (tertiary/aromatic N) is 3. The largest absolute Gasteiger partial charge is 0.394 e. The molecule has 1 saturated heterocycles. The number of primary amides is 1. The van der Waals surface area contributed by atoms with Crippen LogP contribution in [-0.4, -0.2) is 51.3 Å². The SMILES string of the molecule is NC(=O)c1ccccc1-c1ccn([C@H]2CN(C(c3ccccc3)(c3ccccc3)c3ccccc3)C[C@@H](CO)O2)c(=O)n1. The molecule has 0 radical (unpaired) electrons. The van der Waals surface area contributed by atoms with Crippen molar-refractivity contribution in [3.05, 3.63) is 160 Å². The van der Waals surface area contributed by atoms with E-state index in [-0.39, 0.29) is 12.2 Å². The van der Waals surface area contributed by atoms with Gasteiger partial charge in [-0.3, -0.25) is 14.3 Å². The van der Waals surface area contributed by atoms with E-state index in [1.807, 2.05) is 54.6 Å². The smallest absolute Gasteiger partial charge is 0.350 e. The summed E-state index contributed by atoms with van der Waals surface area (Å²) in [5, 5.41) is 10.4. The highest BCUT2D eigenvalue weighted by Crippen LogP contribution is 2.44. The molecule has 1 aromatic heterocycles. The van der Waals surface area contributed by atoms with Crippen molar-refractivity contribution in [3.63, 3.8) is 0 Å². The van der Waals surface area contributed by atoms with Crippen molar-refractivity contribution in [3.8, 4) is 11.3 Å². The Bertz CT molecular complexity index is 1660. The highest BCUT2D eigenvalue weighted by Gasteiger charge is 2.46. The predicted molar refractivity (Wildman–Crippen MR) is 164 cm³/mol. The standard InChI is InChI=1S/C35H32N4O4/c36-33(41)30-19-11-10-18-29(30)31-20-21-39(34(42)37-31)32-23-38(22-28(24-40)43-32)35(25-12-4-1-5-13-25,26-14-6-2-7-15-26)27-16-8-3-9-17-27/h1-21,28,32,40H,22-24H2,(H2,36,41)/t28-,32+/m0/s1. The van der Waals surface area contributed by atoms with Gasteiger partial charge in [0.05, 0.1) is 23.9 Å². The van der Waals surface area contributed by atoms with Crippen molar-refractivity contribution in [2.75, 3.05) is 19.7 Å². The quantitative estimate of drug-likeness (QED) is 0.270. The fourth-order valence-corrected chi connectivity index (χ4v) is 6.13. The highest BCUT2D eigenvalue weighted by atomic mass is 16.5. The number of nitrogens with two attached hydrogens (primary N) is 1. The second-order valence-electron chi connectivity index (χ2n) is 10.5. The van der Waals surface area contributed by atoms with Crippen molar-refractivity contribution in [1.82, 2.24) is 14.5 Å². The fraction of sp³-hybridized carbons (Fsp3) is 0.171. The third kappa shape index (κ3) is 5.28. The first kappa shape index (κ1) is 28.2. The zero-order chi connectivity index (χ0) is 29.8. The van der Waals surface area contributed by atoms with Crippen LogP contribution in [0.15, 0.2) is 132 Å². The van der Waals surface area contributed by atoms with E-state index < -0.39 is 29.5 Å². The summed E-state index contributed by atoms with van der Waals surface area (Å²) in [7, 11) is 0. The molecule has 1 fully saturated rings. The maximum Gasteiger partial charge on any atom is 0.350 e. The molecule has 2 atom stereocenters. The van der Waals surface area contributed by atoms with Gasteiger partial charge < -0.3 is 15.6 Å². The number of amides is 1. The van der Waals surface area contributed by atoms with Gasteiger partial charge in [-0.05, 0) is 28.8 Å². The molecule has 6 rings (SSSR count). The normalized spacial score (nSPS) is 17.4. The van der Waals surface area contributed by atoms with Crippen LogP contribution in [0.5, 0.6) is 0 Å². The Balaban J connectivity index is 1.48. The molecule has 8 nitrogen and oxygen atoms in total. The van der Waals surface area contributed by atoms with Crippen molar-refractivity contribution in [2.45, 2.75) is 17.9 Å². The van der Waals surface area contributed by atoms with Crippen molar-refractivity contribution < 1.29 is 14.6 Å². The number of morpholine rings is 1. The van der Waals surface area contributed by atoms with E-state index in [1.54, 1.807) is 36.5 Å². The molecule has 0 saturated carbocycles. The molecule has 0 aliphatic carbocycles. The monoisotopic (exact) mass is 572 g/mol. The van der Waals surface area contributed by atoms with Gasteiger partial charge in [-0.25, -0.2) is 4.79 Å². The van der Waals surface area contributed by atoms with E-state index >= 15 is 0 Å². The van der Waals surface area contributed by atoms with E-state index in [0.29, 0.717) is 24.3 Å². The first-order valence-electron chi connectivity index (χ1n) is 14.2. The van der Waals surface area contributed by atoms with Crippen molar-refractivity contribution in [2.24, 2.45) is 5.73 Å². The maximum atomic E-state index is 13.5. The number of hydrogen-bond acceptors (Lipinski definition) is 6. The lowest BCUT2D eigenvalue weighted by Gasteiger charge is -2.50. The van der Waals surface area contributed by atoms with Crippen LogP contribution in [0.3, 0.4) is 0 Å². The van der Waals surface area contributed by atoms with Crippen LogP contribution in [0.4, 0.5) is 0 Å². The third-order valence-electron chi connectivity index (χ3n) is 8.01. The molecule has 0 unspecified atom stereocenters. The van der Waals surface area contributed by atoms with Gasteiger partial charge in [0.15, 0.2) is 6.23 Å². The van der Waals surface area contributed by atoms with Crippen LogP contribution in [0, 0.1) is 0 Å². The molecule has 4 aromatic carbocycles. The van der Waals surface area contributed by atoms with Crippen LogP contribution in [0.1, 0.15) is 33.3 Å². The summed E-state index contributed by atoms with van der Waals surface area (Å²) >= 11 is 0. The van der Waals surface area contributed by atoms with E-state index in [4.69, 9.17) is 10.5 Å². The molecule has 1 amide bonds. The Morgan fingerprint density at radius 3 is 1.86 bits per heavy atom. The summed E-state index contributed by atoms with van der Waals surface area (Å²) in [5.41, 5.74) is 8.53. The molecule has 2 heterocycles.